The molecule has 244 valence electrons. The number of fused-ring (bicyclic) bond motifs is 1. The lowest BCUT2D eigenvalue weighted by atomic mass is 10.0. The van der Waals surface area contributed by atoms with Gasteiger partial charge in [-0.05, 0) is 44.2 Å². The molecule has 2 fully saturated rings. The van der Waals surface area contributed by atoms with Crippen molar-refractivity contribution in [2.24, 2.45) is 0 Å². The molecule has 0 saturated carbocycles. The van der Waals surface area contributed by atoms with E-state index in [1.54, 1.807) is 19.2 Å². The Kier molecular flexibility index (Phi) is 9.06. The van der Waals surface area contributed by atoms with Crippen molar-refractivity contribution in [1.29, 1.82) is 0 Å². The number of piperazine rings is 1. The number of aromatic nitrogens is 4. The van der Waals surface area contributed by atoms with Crippen LogP contribution in [0.25, 0.3) is 11.0 Å². The van der Waals surface area contributed by atoms with E-state index in [-0.39, 0.29) is 23.1 Å². The summed E-state index contributed by atoms with van der Waals surface area (Å²) in [6, 6.07) is 9.83. The zero-order valence-corrected chi connectivity index (χ0v) is 27.3. The van der Waals surface area contributed by atoms with Crippen molar-refractivity contribution in [2.45, 2.75) is 18.9 Å². The normalized spacial score (nSPS) is 16.8. The SMILES string of the molecule is COc1cc(N2CCC(N3CCN(C)CC3)CC2)ccc1Nc1ncc(F)c(Nc2ccc3nccnc3c2N(C)S(C)(=O)=O)n1. The summed E-state index contributed by atoms with van der Waals surface area (Å²) in [6.07, 6.45) is 7.35. The van der Waals surface area contributed by atoms with E-state index in [4.69, 9.17) is 4.74 Å². The predicted molar refractivity (Wildman–Crippen MR) is 179 cm³/mol. The fraction of sp³-hybridized carbons (Fsp3) is 0.419. The summed E-state index contributed by atoms with van der Waals surface area (Å²) in [6.45, 7) is 6.46. The van der Waals surface area contributed by atoms with Crippen molar-refractivity contribution in [3.05, 3.63) is 54.7 Å². The first-order valence-electron chi connectivity index (χ1n) is 15.2. The molecule has 15 heteroatoms. The quantitative estimate of drug-likeness (QED) is 0.274. The van der Waals surface area contributed by atoms with E-state index in [1.807, 2.05) is 18.2 Å². The van der Waals surface area contributed by atoms with E-state index in [9.17, 15) is 8.42 Å². The minimum Gasteiger partial charge on any atom is -0.494 e. The highest BCUT2D eigenvalue weighted by Crippen LogP contribution is 2.36. The highest BCUT2D eigenvalue weighted by Gasteiger charge is 2.27. The van der Waals surface area contributed by atoms with Crippen LogP contribution in [0.5, 0.6) is 5.75 Å². The topological polar surface area (TPSA) is 132 Å². The Morgan fingerprint density at radius 3 is 2.39 bits per heavy atom. The average Bonchev–Trinajstić information content (AvgIpc) is 3.06. The number of hydrogen-bond acceptors (Lipinski definition) is 12. The van der Waals surface area contributed by atoms with Crippen LogP contribution in [-0.4, -0.2) is 111 Å². The Bertz CT molecular complexity index is 1810. The van der Waals surface area contributed by atoms with E-state index in [0.29, 0.717) is 28.5 Å². The van der Waals surface area contributed by atoms with E-state index < -0.39 is 15.8 Å². The standard InChI is InChI=1S/C31H39FN10O3S/c1-39-15-17-42(18-16-39)21-9-13-41(14-10-21)22-5-6-24(27(19-22)45-3)37-31-35-20-23(32)30(38-31)36-26-8-7-25-28(34-12-11-33-25)29(26)40(2)46(4,43)44/h5-8,11-12,19-21H,9-10,13-18H2,1-4H3,(H2,35,36,37,38). The van der Waals surface area contributed by atoms with Gasteiger partial charge < -0.3 is 25.2 Å². The predicted octanol–water partition coefficient (Wildman–Crippen LogP) is 3.67. The number of halogens is 1. The number of sulfonamides is 1. The molecule has 13 nitrogen and oxygen atoms in total. The number of nitrogens with zero attached hydrogens (tertiary/aromatic N) is 8. The van der Waals surface area contributed by atoms with Gasteiger partial charge in [-0.15, -0.1) is 0 Å². The highest BCUT2D eigenvalue weighted by atomic mass is 32.2. The molecule has 4 heterocycles. The highest BCUT2D eigenvalue weighted by molar-refractivity contribution is 7.92. The average molecular weight is 651 g/mol. The van der Waals surface area contributed by atoms with E-state index in [1.165, 1.54) is 19.4 Å². The lowest BCUT2D eigenvalue weighted by molar-refractivity contribution is 0.0982. The fourth-order valence-corrected chi connectivity index (χ4v) is 6.54. The molecular weight excluding hydrogens is 611 g/mol. The molecule has 2 aromatic carbocycles. The summed E-state index contributed by atoms with van der Waals surface area (Å²) in [5.74, 6) is -0.143. The van der Waals surface area contributed by atoms with Gasteiger partial charge in [0.1, 0.15) is 17.0 Å². The van der Waals surface area contributed by atoms with Crippen molar-refractivity contribution in [3.8, 4) is 5.75 Å². The number of piperidine rings is 1. The van der Waals surface area contributed by atoms with Gasteiger partial charge in [0.05, 0.1) is 36.5 Å². The van der Waals surface area contributed by atoms with Crippen LogP contribution in [0.4, 0.5) is 38.9 Å². The number of ether oxygens (including phenoxy) is 1. The van der Waals surface area contributed by atoms with Crippen LogP contribution in [0.15, 0.2) is 48.9 Å². The van der Waals surface area contributed by atoms with E-state index in [2.05, 4.69) is 52.3 Å². The minimum atomic E-state index is -3.68. The molecule has 0 spiro atoms. The number of nitrogens with one attached hydrogen (secondary N) is 2. The summed E-state index contributed by atoms with van der Waals surface area (Å²) in [7, 11) is 1.50. The van der Waals surface area contributed by atoms with Crippen LogP contribution in [0.2, 0.25) is 0 Å². The third-order valence-electron chi connectivity index (χ3n) is 8.74. The molecule has 0 atom stereocenters. The minimum absolute atomic E-state index is 0.126. The van der Waals surface area contributed by atoms with E-state index in [0.717, 1.165) is 74.6 Å². The van der Waals surface area contributed by atoms with Gasteiger partial charge in [-0.25, -0.2) is 17.8 Å². The molecule has 2 aromatic heterocycles. The summed E-state index contributed by atoms with van der Waals surface area (Å²) < 4.78 is 46.8. The van der Waals surface area contributed by atoms with E-state index >= 15 is 4.39 Å². The number of anilines is 6. The Labute approximate surface area is 268 Å². The molecule has 46 heavy (non-hydrogen) atoms. The largest absolute Gasteiger partial charge is 0.494 e. The maximum atomic E-state index is 15.0. The summed E-state index contributed by atoms with van der Waals surface area (Å²) in [5.41, 5.74) is 3.01. The molecule has 0 bridgehead atoms. The van der Waals surface area contributed by atoms with Gasteiger partial charge in [0.15, 0.2) is 11.6 Å². The molecular formula is C31H39FN10O3S. The van der Waals surface area contributed by atoms with Gasteiger partial charge in [-0.2, -0.15) is 4.98 Å². The van der Waals surface area contributed by atoms with Gasteiger partial charge >= 0.3 is 0 Å². The summed E-state index contributed by atoms with van der Waals surface area (Å²) >= 11 is 0. The number of rotatable bonds is 9. The van der Waals surface area contributed by atoms with Crippen LogP contribution in [0, 0.1) is 5.82 Å². The van der Waals surface area contributed by atoms with Crippen LogP contribution in [-0.2, 0) is 10.0 Å². The van der Waals surface area contributed by atoms with Crippen LogP contribution in [0.1, 0.15) is 12.8 Å². The molecule has 2 aliphatic rings. The molecule has 2 saturated heterocycles. The molecule has 2 N–H and O–H groups in total. The molecule has 6 rings (SSSR count). The zero-order valence-electron chi connectivity index (χ0n) is 26.4. The van der Waals surface area contributed by atoms with Crippen molar-refractivity contribution in [1.82, 2.24) is 29.7 Å². The van der Waals surface area contributed by atoms with Gasteiger partial charge in [0, 0.05) is 76.5 Å². The molecule has 2 aliphatic heterocycles. The van der Waals surface area contributed by atoms with Crippen molar-refractivity contribution in [2.75, 3.05) is 86.6 Å². The number of likely N-dealkylation sites (N-methyl/N-ethyl adjacent to an activating group) is 1. The van der Waals surface area contributed by atoms with Crippen molar-refractivity contribution >= 4 is 55.6 Å². The first kappa shape index (κ1) is 31.6. The first-order valence-corrected chi connectivity index (χ1v) is 17.1. The van der Waals surface area contributed by atoms with Crippen molar-refractivity contribution < 1.29 is 17.5 Å². The lowest BCUT2D eigenvalue weighted by Gasteiger charge is -2.42. The summed E-state index contributed by atoms with van der Waals surface area (Å²) in [4.78, 5) is 24.5. The molecule has 4 aromatic rings. The molecule has 0 unspecified atom stereocenters. The van der Waals surface area contributed by atoms with Gasteiger partial charge in [0.25, 0.3) is 0 Å². The second-order valence-electron chi connectivity index (χ2n) is 11.7. The second kappa shape index (κ2) is 13.2. The Morgan fingerprint density at radius 1 is 0.957 bits per heavy atom. The summed E-state index contributed by atoms with van der Waals surface area (Å²) in [5, 5.41) is 6.08. The monoisotopic (exact) mass is 650 g/mol. The third-order valence-corrected chi connectivity index (χ3v) is 9.92. The maximum absolute atomic E-state index is 15.0. The van der Waals surface area contributed by atoms with Crippen LogP contribution in [0.3, 0.4) is 0 Å². The van der Waals surface area contributed by atoms with Gasteiger partial charge in [0.2, 0.25) is 16.0 Å². The smallest absolute Gasteiger partial charge is 0.232 e. The fourth-order valence-electron chi connectivity index (χ4n) is 6.03. The zero-order chi connectivity index (χ0) is 32.4. The van der Waals surface area contributed by atoms with Gasteiger partial charge in [-0.1, -0.05) is 0 Å². The molecule has 0 aliphatic carbocycles. The van der Waals surface area contributed by atoms with Gasteiger partial charge in [-0.3, -0.25) is 19.2 Å². The number of methoxy groups -OCH3 is 1. The van der Waals surface area contributed by atoms with Crippen LogP contribution >= 0.6 is 0 Å². The Balaban J connectivity index is 1.19. The van der Waals surface area contributed by atoms with Crippen molar-refractivity contribution in [3.63, 3.8) is 0 Å². The first-order chi connectivity index (χ1) is 22.1. The molecule has 0 amide bonds. The third kappa shape index (κ3) is 6.76. The lowest BCUT2D eigenvalue weighted by Crippen LogP contribution is -2.52. The maximum Gasteiger partial charge on any atom is 0.232 e. The Hall–Kier alpha value is -4.34. The number of hydrogen-bond donors (Lipinski definition) is 2. The second-order valence-corrected chi connectivity index (χ2v) is 13.7. The van der Waals surface area contributed by atoms with Crippen LogP contribution < -0.4 is 24.6 Å². The molecule has 0 radical (unpaired) electrons. The number of benzene rings is 2. The Morgan fingerprint density at radius 2 is 1.67 bits per heavy atom.